The molecule has 0 bridgehead atoms. The highest BCUT2D eigenvalue weighted by Gasteiger charge is 2.25. The highest BCUT2D eigenvalue weighted by Crippen LogP contribution is 2.39. The van der Waals surface area contributed by atoms with Gasteiger partial charge in [0.1, 0.15) is 11.5 Å². The van der Waals surface area contributed by atoms with Gasteiger partial charge in [0.2, 0.25) is 0 Å². The number of allylic oxidation sites excluding steroid dienone is 2. The molecule has 3 aromatic carbocycles. The summed E-state index contributed by atoms with van der Waals surface area (Å²) in [5.74, 6) is 0.288. The summed E-state index contributed by atoms with van der Waals surface area (Å²) in [5.41, 5.74) is 5.30. The maximum Gasteiger partial charge on any atom is 0.193 e. The van der Waals surface area contributed by atoms with E-state index < -0.39 is 0 Å². The highest BCUT2D eigenvalue weighted by atomic mass is 16.3. The second kappa shape index (κ2) is 6.52. The SMILES string of the molecule is O=C(C1=C(c2ccc(O)cc2)CCc2ccccc21)c1ccc(O)cc1. The average molecular weight is 342 g/mol. The fourth-order valence-corrected chi connectivity index (χ4v) is 3.50. The van der Waals surface area contributed by atoms with Crippen LogP contribution in [0.3, 0.4) is 0 Å². The van der Waals surface area contributed by atoms with E-state index in [0.717, 1.165) is 35.1 Å². The van der Waals surface area contributed by atoms with Gasteiger partial charge >= 0.3 is 0 Å². The summed E-state index contributed by atoms with van der Waals surface area (Å²) in [6.45, 7) is 0. The van der Waals surface area contributed by atoms with Crippen molar-refractivity contribution in [1.29, 1.82) is 0 Å². The van der Waals surface area contributed by atoms with Crippen LogP contribution in [0.4, 0.5) is 0 Å². The molecule has 1 aliphatic carbocycles. The van der Waals surface area contributed by atoms with Crippen LogP contribution in [0.2, 0.25) is 0 Å². The second-order valence-corrected chi connectivity index (χ2v) is 6.43. The Hall–Kier alpha value is -3.33. The molecule has 0 aliphatic heterocycles. The van der Waals surface area contributed by atoms with E-state index in [2.05, 4.69) is 6.07 Å². The summed E-state index contributed by atoms with van der Waals surface area (Å²) in [6, 6.07) is 21.3. The number of fused-ring (bicyclic) bond motifs is 1. The van der Waals surface area contributed by atoms with E-state index >= 15 is 0 Å². The lowest BCUT2D eigenvalue weighted by Crippen LogP contribution is -2.12. The van der Waals surface area contributed by atoms with E-state index in [9.17, 15) is 15.0 Å². The number of phenols is 2. The van der Waals surface area contributed by atoms with Crippen LogP contribution in [0.5, 0.6) is 11.5 Å². The Balaban J connectivity index is 1.91. The molecule has 0 spiro atoms. The molecule has 0 atom stereocenters. The molecule has 0 radical (unpaired) electrons. The summed E-state index contributed by atoms with van der Waals surface area (Å²) in [6.07, 6.45) is 1.64. The minimum Gasteiger partial charge on any atom is -0.508 e. The molecule has 0 amide bonds. The monoisotopic (exact) mass is 342 g/mol. The van der Waals surface area contributed by atoms with Crippen molar-refractivity contribution in [2.24, 2.45) is 0 Å². The number of carbonyl (C=O) groups is 1. The van der Waals surface area contributed by atoms with E-state index in [1.165, 1.54) is 12.1 Å². The number of hydrogen-bond acceptors (Lipinski definition) is 3. The number of phenolic OH excluding ortho intramolecular Hbond substituents is 2. The van der Waals surface area contributed by atoms with Crippen molar-refractivity contribution in [1.82, 2.24) is 0 Å². The van der Waals surface area contributed by atoms with Gasteiger partial charge in [-0.05, 0) is 71.5 Å². The molecule has 2 N–H and O–H groups in total. The number of benzene rings is 3. The fourth-order valence-electron chi connectivity index (χ4n) is 3.50. The average Bonchev–Trinajstić information content (AvgIpc) is 2.68. The van der Waals surface area contributed by atoms with Gasteiger partial charge in [-0.15, -0.1) is 0 Å². The van der Waals surface area contributed by atoms with Gasteiger partial charge in [-0.1, -0.05) is 36.4 Å². The lowest BCUT2D eigenvalue weighted by Gasteiger charge is -2.23. The van der Waals surface area contributed by atoms with Crippen LogP contribution < -0.4 is 0 Å². The van der Waals surface area contributed by atoms with Crippen molar-refractivity contribution >= 4 is 16.9 Å². The Morgan fingerprint density at radius 1 is 0.731 bits per heavy atom. The van der Waals surface area contributed by atoms with Crippen molar-refractivity contribution in [2.45, 2.75) is 12.8 Å². The number of aryl methyl sites for hydroxylation is 1. The first kappa shape index (κ1) is 16.2. The number of aromatic hydroxyl groups is 2. The topological polar surface area (TPSA) is 57.5 Å². The van der Waals surface area contributed by atoms with Crippen LogP contribution in [0, 0.1) is 0 Å². The third kappa shape index (κ3) is 2.88. The number of rotatable bonds is 3. The molecular formula is C23H18O3. The number of carbonyl (C=O) groups excluding carboxylic acids is 1. The molecule has 3 nitrogen and oxygen atoms in total. The molecule has 26 heavy (non-hydrogen) atoms. The second-order valence-electron chi connectivity index (χ2n) is 6.43. The molecule has 128 valence electrons. The van der Waals surface area contributed by atoms with Gasteiger partial charge in [0.15, 0.2) is 5.78 Å². The molecule has 4 rings (SSSR count). The zero-order chi connectivity index (χ0) is 18.1. The minimum atomic E-state index is -0.0553. The maximum atomic E-state index is 13.3. The van der Waals surface area contributed by atoms with Gasteiger partial charge in [-0.25, -0.2) is 0 Å². The molecule has 0 saturated heterocycles. The summed E-state index contributed by atoms with van der Waals surface area (Å²) in [4.78, 5) is 13.3. The van der Waals surface area contributed by atoms with Crippen molar-refractivity contribution in [3.05, 3.63) is 95.1 Å². The van der Waals surface area contributed by atoms with Crippen LogP contribution in [0.15, 0.2) is 72.8 Å². The molecular weight excluding hydrogens is 324 g/mol. The van der Waals surface area contributed by atoms with E-state index in [1.807, 2.05) is 30.3 Å². The lowest BCUT2D eigenvalue weighted by atomic mass is 9.79. The van der Waals surface area contributed by atoms with E-state index in [4.69, 9.17) is 0 Å². The Labute approximate surface area is 151 Å². The van der Waals surface area contributed by atoms with Crippen molar-refractivity contribution in [3.8, 4) is 11.5 Å². The number of Topliss-reactive ketones (excluding diaryl/α,β-unsaturated/α-hetero) is 1. The maximum absolute atomic E-state index is 13.3. The first-order valence-electron chi connectivity index (χ1n) is 8.58. The van der Waals surface area contributed by atoms with Crippen molar-refractivity contribution in [2.75, 3.05) is 0 Å². The van der Waals surface area contributed by atoms with Crippen molar-refractivity contribution < 1.29 is 15.0 Å². The molecule has 0 unspecified atom stereocenters. The van der Waals surface area contributed by atoms with Crippen LogP contribution >= 0.6 is 0 Å². The Morgan fingerprint density at radius 2 is 1.35 bits per heavy atom. The molecule has 0 saturated carbocycles. The largest absolute Gasteiger partial charge is 0.508 e. The number of ketones is 1. The third-order valence-corrected chi connectivity index (χ3v) is 4.81. The molecule has 0 fully saturated rings. The minimum absolute atomic E-state index is 0.0553. The summed E-state index contributed by atoms with van der Waals surface area (Å²) < 4.78 is 0. The molecule has 3 heteroatoms. The first-order valence-corrected chi connectivity index (χ1v) is 8.58. The van der Waals surface area contributed by atoms with Crippen LogP contribution in [0.25, 0.3) is 11.1 Å². The molecule has 1 aliphatic rings. The molecule has 3 aromatic rings. The van der Waals surface area contributed by atoms with Gasteiger partial charge in [-0.2, -0.15) is 0 Å². The Morgan fingerprint density at radius 3 is 2.04 bits per heavy atom. The third-order valence-electron chi connectivity index (χ3n) is 4.81. The van der Waals surface area contributed by atoms with E-state index in [0.29, 0.717) is 11.1 Å². The fraction of sp³-hybridized carbons (Fsp3) is 0.0870. The van der Waals surface area contributed by atoms with Gasteiger partial charge < -0.3 is 10.2 Å². The van der Waals surface area contributed by atoms with Gasteiger partial charge in [0.25, 0.3) is 0 Å². The number of hydrogen-bond donors (Lipinski definition) is 2. The predicted octanol–water partition coefficient (Wildman–Crippen LogP) is 4.84. The zero-order valence-electron chi connectivity index (χ0n) is 14.1. The Bertz CT molecular complexity index is 996. The zero-order valence-corrected chi connectivity index (χ0v) is 14.1. The van der Waals surface area contributed by atoms with Gasteiger partial charge in [0.05, 0.1) is 0 Å². The summed E-state index contributed by atoms with van der Waals surface area (Å²) in [5, 5.41) is 19.1. The quantitative estimate of drug-likeness (QED) is 0.670. The van der Waals surface area contributed by atoms with Gasteiger partial charge in [0, 0.05) is 11.1 Å². The van der Waals surface area contributed by atoms with Gasteiger partial charge in [-0.3, -0.25) is 4.79 Å². The van der Waals surface area contributed by atoms with E-state index in [1.54, 1.807) is 24.3 Å². The van der Waals surface area contributed by atoms with Crippen molar-refractivity contribution in [3.63, 3.8) is 0 Å². The predicted molar refractivity (Wildman–Crippen MR) is 102 cm³/mol. The lowest BCUT2D eigenvalue weighted by molar-refractivity contribution is 0.105. The van der Waals surface area contributed by atoms with Crippen LogP contribution in [-0.2, 0) is 6.42 Å². The normalized spacial score (nSPS) is 13.4. The van der Waals surface area contributed by atoms with Crippen LogP contribution in [0.1, 0.15) is 33.5 Å². The van der Waals surface area contributed by atoms with Crippen LogP contribution in [-0.4, -0.2) is 16.0 Å². The molecule has 0 aromatic heterocycles. The highest BCUT2D eigenvalue weighted by molar-refractivity contribution is 6.35. The standard InChI is InChI=1S/C23H18O3/c24-18-10-5-16(6-11-18)21-14-9-15-3-1-2-4-20(15)22(21)23(26)17-7-12-19(25)13-8-17/h1-8,10-13,24-25H,9,14H2. The summed E-state index contributed by atoms with van der Waals surface area (Å²) >= 11 is 0. The summed E-state index contributed by atoms with van der Waals surface area (Å²) in [7, 11) is 0. The van der Waals surface area contributed by atoms with E-state index in [-0.39, 0.29) is 17.3 Å². The first-order chi connectivity index (χ1) is 12.6. The Kier molecular flexibility index (Phi) is 4.05. The molecule has 0 heterocycles. The smallest absolute Gasteiger partial charge is 0.193 e.